The Morgan fingerprint density at radius 3 is 2.36 bits per heavy atom. The Kier molecular flexibility index (Phi) is 3.97. The van der Waals surface area contributed by atoms with Crippen LogP contribution in [0.15, 0.2) is 59.5 Å². The topological polar surface area (TPSA) is 54.5 Å². The van der Waals surface area contributed by atoms with Crippen LogP contribution in [0.5, 0.6) is 0 Å². The third-order valence-electron chi connectivity index (χ3n) is 3.62. The van der Waals surface area contributed by atoms with Gasteiger partial charge in [-0.25, -0.2) is 12.7 Å². The number of carbonyl (C=O) groups is 1. The molecule has 22 heavy (non-hydrogen) atoms. The number of amides is 1. The lowest BCUT2D eigenvalue weighted by atomic mass is 10.2. The van der Waals surface area contributed by atoms with E-state index in [1.54, 1.807) is 18.2 Å². The van der Waals surface area contributed by atoms with Gasteiger partial charge < -0.3 is 0 Å². The molecule has 0 bridgehead atoms. The maximum Gasteiger partial charge on any atom is 0.269 e. The van der Waals surface area contributed by atoms with Gasteiger partial charge in [-0.3, -0.25) is 4.79 Å². The third-order valence-corrected chi connectivity index (χ3v) is 6.75. The molecule has 1 aliphatic rings. The van der Waals surface area contributed by atoms with Crippen molar-refractivity contribution in [3.8, 4) is 0 Å². The van der Waals surface area contributed by atoms with Gasteiger partial charge in [0.05, 0.1) is 11.4 Å². The molecule has 2 aromatic rings. The van der Waals surface area contributed by atoms with Crippen LogP contribution in [-0.4, -0.2) is 24.5 Å². The number of benzene rings is 2. The van der Waals surface area contributed by atoms with E-state index < -0.39 is 15.9 Å². The zero-order valence-corrected chi connectivity index (χ0v) is 13.6. The second-order valence-electron chi connectivity index (χ2n) is 5.00. The number of fused-ring (bicyclic) bond motifs is 1. The maximum absolute atomic E-state index is 12.4. The summed E-state index contributed by atoms with van der Waals surface area (Å²) in [7, 11) is -3.71. The monoisotopic (exact) mass is 333 g/mol. The van der Waals surface area contributed by atoms with Gasteiger partial charge in [0, 0.05) is 5.25 Å². The van der Waals surface area contributed by atoms with Crippen molar-refractivity contribution in [2.75, 3.05) is 5.88 Å². The Morgan fingerprint density at radius 2 is 1.68 bits per heavy atom. The van der Waals surface area contributed by atoms with Crippen LogP contribution in [0.2, 0.25) is 0 Å². The van der Waals surface area contributed by atoms with Crippen LogP contribution in [-0.2, 0) is 10.0 Å². The van der Waals surface area contributed by atoms with Crippen molar-refractivity contribution in [2.45, 2.75) is 17.1 Å². The number of sulfonamides is 1. The number of hydrogen-bond donors (Lipinski definition) is 0. The lowest BCUT2D eigenvalue weighted by Gasteiger charge is -2.18. The van der Waals surface area contributed by atoms with Gasteiger partial charge in [0.1, 0.15) is 4.90 Å². The fourth-order valence-corrected chi connectivity index (χ4v) is 5.16. The molecule has 4 nitrogen and oxygen atoms in total. The molecule has 0 aliphatic carbocycles. The summed E-state index contributed by atoms with van der Waals surface area (Å²) in [5.41, 5.74) is 1.37. The Balaban J connectivity index is 1.79. The molecule has 0 radical (unpaired) electrons. The summed E-state index contributed by atoms with van der Waals surface area (Å²) in [6.07, 6.45) is 0. The zero-order valence-electron chi connectivity index (χ0n) is 12.0. The second-order valence-corrected chi connectivity index (χ2v) is 8.13. The highest BCUT2D eigenvalue weighted by Gasteiger charge is 2.40. The van der Waals surface area contributed by atoms with Crippen LogP contribution in [0, 0.1) is 0 Å². The summed E-state index contributed by atoms with van der Waals surface area (Å²) < 4.78 is 25.8. The molecule has 0 aromatic heterocycles. The van der Waals surface area contributed by atoms with Crippen LogP contribution in [0.4, 0.5) is 0 Å². The predicted octanol–water partition coefficient (Wildman–Crippen LogP) is 3.28. The fourth-order valence-electron chi connectivity index (χ4n) is 2.36. The Bertz CT molecular complexity index is 803. The summed E-state index contributed by atoms with van der Waals surface area (Å²) in [5.74, 6) is -0.324. The number of hydrogen-bond acceptors (Lipinski definition) is 4. The fraction of sp³-hybridized carbons (Fsp3) is 0.188. The van der Waals surface area contributed by atoms with Gasteiger partial charge in [-0.05, 0) is 24.6 Å². The van der Waals surface area contributed by atoms with E-state index in [0.717, 1.165) is 9.87 Å². The van der Waals surface area contributed by atoms with E-state index in [1.165, 1.54) is 17.8 Å². The number of thioether (sulfide) groups is 1. The quantitative estimate of drug-likeness (QED) is 0.861. The van der Waals surface area contributed by atoms with Gasteiger partial charge in [-0.15, -0.1) is 11.8 Å². The van der Waals surface area contributed by atoms with Crippen LogP contribution in [0.1, 0.15) is 28.1 Å². The van der Waals surface area contributed by atoms with Crippen molar-refractivity contribution in [1.29, 1.82) is 0 Å². The van der Waals surface area contributed by atoms with Gasteiger partial charge in [0.15, 0.2) is 0 Å². The molecular formula is C16H15NO3S2. The molecular weight excluding hydrogens is 318 g/mol. The van der Waals surface area contributed by atoms with E-state index in [9.17, 15) is 13.2 Å². The first-order valence-electron chi connectivity index (χ1n) is 6.84. The number of rotatable bonds is 4. The van der Waals surface area contributed by atoms with Gasteiger partial charge in [0.2, 0.25) is 0 Å². The predicted molar refractivity (Wildman–Crippen MR) is 87.1 cm³/mol. The van der Waals surface area contributed by atoms with Crippen molar-refractivity contribution in [2.24, 2.45) is 0 Å². The maximum atomic E-state index is 12.4. The summed E-state index contributed by atoms with van der Waals surface area (Å²) in [4.78, 5) is 12.4. The molecule has 0 fully saturated rings. The summed E-state index contributed by atoms with van der Waals surface area (Å²) in [6.45, 7) is 2.00. The first-order chi connectivity index (χ1) is 10.5. The average molecular weight is 333 g/mol. The molecule has 0 spiro atoms. The molecule has 0 saturated carbocycles. The first kappa shape index (κ1) is 15.1. The standard InChI is InChI=1S/C16H15NO3S2/c1-12(13-7-3-2-4-8-13)21-11-17-16(18)14-9-5-6-10-15(14)22(17,19)20/h2-10,12H,11H2,1H3. The third kappa shape index (κ3) is 2.53. The van der Waals surface area contributed by atoms with Gasteiger partial charge in [-0.2, -0.15) is 0 Å². The van der Waals surface area contributed by atoms with E-state index in [1.807, 2.05) is 37.3 Å². The SMILES string of the molecule is CC(SCN1C(=O)c2ccccc2S1(=O)=O)c1ccccc1. The molecule has 1 amide bonds. The van der Waals surface area contributed by atoms with Crippen molar-refractivity contribution in [3.05, 3.63) is 65.7 Å². The highest BCUT2D eigenvalue weighted by atomic mass is 32.2. The van der Waals surface area contributed by atoms with E-state index in [-0.39, 0.29) is 21.6 Å². The van der Waals surface area contributed by atoms with E-state index in [0.29, 0.717) is 0 Å². The van der Waals surface area contributed by atoms with Crippen molar-refractivity contribution in [3.63, 3.8) is 0 Å². The van der Waals surface area contributed by atoms with Gasteiger partial charge >= 0.3 is 0 Å². The van der Waals surface area contributed by atoms with E-state index in [2.05, 4.69) is 0 Å². The molecule has 0 saturated heterocycles. The van der Waals surface area contributed by atoms with E-state index in [4.69, 9.17) is 0 Å². The number of carbonyl (C=O) groups excluding carboxylic acids is 1. The highest BCUT2D eigenvalue weighted by Crippen LogP contribution is 2.35. The lowest BCUT2D eigenvalue weighted by molar-refractivity contribution is 0.0887. The molecule has 1 atom stereocenters. The van der Waals surface area contributed by atoms with Gasteiger partial charge in [0.25, 0.3) is 15.9 Å². The van der Waals surface area contributed by atoms with Crippen LogP contribution < -0.4 is 0 Å². The van der Waals surface area contributed by atoms with Crippen LogP contribution in [0.3, 0.4) is 0 Å². The molecule has 1 heterocycles. The molecule has 114 valence electrons. The lowest BCUT2D eigenvalue weighted by Crippen LogP contribution is -2.29. The highest BCUT2D eigenvalue weighted by molar-refractivity contribution is 8.00. The normalized spacial score (nSPS) is 17.3. The van der Waals surface area contributed by atoms with Crippen molar-refractivity contribution in [1.82, 2.24) is 4.31 Å². The van der Waals surface area contributed by atoms with Crippen LogP contribution in [0.25, 0.3) is 0 Å². The number of nitrogens with zero attached hydrogens (tertiary/aromatic N) is 1. The van der Waals surface area contributed by atoms with Crippen molar-refractivity contribution >= 4 is 27.7 Å². The Hall–Kier alpha value is -1.79. The smallest absolute Gasteiger partial charge is 0.268 e. The van der Waals surface area contributed by atoms with E-state index >= 15 is 0 Å². The van der Waals surface area contributed by atoms with Crippen molar-refractivity contribution < 1.29 is 13.2 Å². The summed E-state index contributed by atoms with van der Waals surface area (Å²) >= 11 is 1.43. The molecule has 0 N–H and O–H groups in total. The molecule has 6 heteroatoms. The molecule has 1 unspecified atom stereocenters. The minimum Gasteiger partial charge on any atom is -0.268 e. The molecule has 1 aliphatic heterocycles. The van der Waals surface area contributed by atoms with Crippen LogP contribution >= 0.6 is 11.8 Å². The average Bonchev–Trinajstić information content (AvgIpc) is 2.73. The minimum atomic E-state index is -3.71. The Labute approximate surface area is 134 Å². The zero-order chi connectivity index (χ0) is 15.7. The van der Waals surface area contributed by atoms with Gasteiger partial charge in [-0.1, -0.05) is 42.5 Å². The molecule has 3 rings (SSSR count). The Morgan fingerprint density at radius 1 is 1.05 bits per heavy atom. The first-order valence-corrected chi connectivity index (χ1v) is 9.33. The second kappa shape index (κ2) is 5.78. The summed E-state index contributed by atoms with van der Waals surface area (Å²) in [6, 6.07) is 16.2. The largest absolute Gasteiger partial charge is 0.269 e. The molecule has 2 aromatic carbocycles. The minimum absolute atomic E-state index is 0.105. The summed E-state index contributed by atoms with van der Waals surface area (Å²) in [5, 5.41) is 0.105.